The molecular weight excluding hydrogens is 540 g/mol. The maximum absolute atomic E-state index is 14.9. The predicted molar refractivity (Wildman–Crippen MR) is 168 cm³/mol. The van der Waals surface area contributed by atoms with E-state index in [0.717, 1.165) is 34.4 Å². The van der Waals surface area contributed by atoms with Crippen LogP contribution in [0.3, 0.4) is 0 Å². The summed E-state index contributed by atoms with van der Waals surface area (Å²) in [6.07, 6.45) is 3.01. The van der Waals surface area contributed by atoms with E-state index in [1.165, 1.54) is 11.3 Å². The predicted octanol–water partition coefficient (Wildman–Crippen LogP) is 7.19. The molecule has 0 saturated carbocycles. The first kappa shape index (κ1) is 26.6. The number of thiophene rings is 1. The molecule has 4 atom stereocenters. The van der Waals surface area contributed by atoms with Gasteiger partial charge in [0.1, 0.15) is 11.5 Å². The molecule has 1 amide bonds. The van der Waals surface area contributed by atoms with Gasteiger partial charge in [0.2, 0.25) is 5.91 Å². The second-order valence-corrected chi connectivity index (χ2v) is 13.0. The standard InChI is InChI=1S/C36H32N2O3S/c1-21(2)19-23-14-16-24(17-15-23)33(39)31-32(34(40)29-13-8-18-42-29)38-28-12-7-4-9-25(28)22(3)20-30(38)36(31)26-10-5-6-11-27(26)37-35(36)41/h4-18,20-21,30-32H,19H2,1-3H3,(H,37,41)/t30-,31+,32-,36+/m0/s1. The van der Waals surface area contributed by atoms with Gasteiger partial charge in [0.25, 0.3) is 0 Å². The lowest BCUT2D eigenvalue weighted by molar-refractivity contribution is -0.121. The summed E-state index contributed by atoms with van der Waals surface area (Å²) in [7, 11) is 0. The van der Waals surface area contributed by atoms with Crippen LogP contribution in [0, 0.1) is 11.8 Å². The zero-order valence-electron chi connectivity index (χ0n) is 23.8. The number of ketones is 2. The van der Waals surface area contributed by atoms with Gasteiger partial charge in [-0.1, -0.05) is 86.7 Å². The molecule has 0 unspecified atom stereocenters. The Morgan fingerprint density at radius 3 is 2.40 bits per heavy atom. The Balaban J connectivity index is 1.50. The molecule has 4 heterocycles. The van der Waals surface area contributed by atoms with Gasteiger partial charge in [0.15, 0.2) is 11.6 Å². The maximum atomic E-state index is 14.9. The summed E-state index contributed by atoms with van der Waals surface area (Å²) < 4.78 is 0. The molecule has 0 aliphatic carbocycles. The van der Waals surface area contributed by atoms with Crippen molar-refractivity contribution in [3.8, 4) is 0 Å². The van der Waals surface area contributed by atoms with E-state index in [0.29, 0.717) is 22.0 Å². The van der Waals surface area contributed by atoms with Gasteiger partial charge in [-0.05, 0) is 59.5 Å². The number of hydrogen-bond donors (Lipinski definition) is 1. The molecule has 5 nitrogen and oxygen atoms in total. The Labute approximate surface area is 249 Å². The van der Waals surface area contributed by atoms with Crippen LogP contribution in [0.25, 0.3) is 5.57 Å². The average Bonchev–Trinajstić information content (AvgIpc) is 3.70. The molecule has 1 N–H and O–H groups in total. The molecule has 7 rings (SSSR count). The number of anilines is 2. The Morgan fingerprint density at radius 2 is 1.67 bits per heavy atom. The lowest BCUT2D eigenvalue weighted by Crippen LogP contribution is -2.51. The highest BCUT2D eigenvalue weighted by atomic mass is 32.1. The van der Waals surface area contributed by atoms with Gasteiger partial charge in [-0.3, -0.25) is 14.4 Å². The molecule has 0 radical (unpaired) electrons. The van der Waals surface area contributed by atoms with Gasteiger partial charge < -0.3 is 10.2 Å². The first-order valence-corrected chi connectivity index (χ1v) is 15.4. The summed E-state index contributed by atoms with van der Waals surface area (Å²) in [5, 5.41) is 4.99. The van der Waals surface area contributed by atoms with E-state index in [9.17, 15) is 14.4 Å². The first-order chi connectivity index (χ1) is 20.3. The number of rotatable bonds is 6. The van der Waals surface area contributed by atoms with Gasteiger partial charge in [-0.15, -0.1) is 11.3 Å². The maximum Gasteiger partial charge on any atom is 0.238 e. The van der Waals surface area contributed by atoms with Crippen molar-refractivity contribution in [1.29, 1.82) is 0 Å². The number of hydrogen-bond acceptors (Lipinski definition) is 5. The van der Waals surface area contributed by atoms with Crippen molar-refractivity contribution in [3.63, 3.8) is 0 Å². The van der Waals surface area contributed by atoms with Crippen molar-refractivity contribution >= 4 is 45.8 Å². The summed E-state index contributed by atoms with van der Waals surface area (Å²) >= 11 is 1.37. The second-order valence-electron chi connectivity index (χ2n) is 12.0. The average molecular weight is 573 g/mol. The number of allylic oxidation sites excluding steroid dienone is 1. The topological polar surface area (TPSA) is 66.5 Å². The highest BCUT2D eigenvalue weighted by Crippen LogP contribution is 2.58. The molecule has 4 aromatic rings. The summed E-state index contributed by atoms with van der Waals surface area (Å²) in [4.78, 5) is 46.7. The molecule has 6 heteroatoms. The van der Waals surface area contributed by atoms with E-state index in [4.69, 9.17) is 0 Å². The van der Waals surface area contributed by atoms with Crippen LogP contribution in [0.15, 0.2) is 96.4 Å². The number of para-hydroxylation sites is 2. The SMILES string of the molecule is CC1=C[C@@H]2N(c3ccccc31)[C@H](C(=O)c1cccs1)[C@H](C(=O)c1ccc(CC(C)C)cc1)[C@]21C(=O)Nc2ccccc21. The van der Waals surface area contributed by atoms with Crippen LogP contribution in [-0.2, 0) is 16.6 Å². The lowest BCUT2D eigenvalue weighted by Gasteiger charge is -2.39. The molecule has 1 spiro atoms. The van der Waals surface area contributed by atoms with Crippen LogP contribution in [0.4, 0.5) is 11.4 Å². The van der Waals surface area contributed by atoms with Crippen molar-refractivity contribution in [2.75, 3.05) is 10.2 Å². The van der Waals surface area contributed by atoms with Crippen LogP contribution in [0.2, 0.25) is 0 Å². The van der Waals surface area contributed by atoms with E-state index >= 15 is 0 Å². The monoisotopic (exact) mass is 572 g/mol. The Hall–Kier alpha value is -4.29. The minimum atomic E-state index is -1.29. The zero-order chi connectivity index (χ0) is 29.2. The van der Waals surface area contributed by atoms with Crippen LogP contribution in [0.5, 0.6) is 0 Å². The van der Waals surface area contributed by atoms with E-state index in [2.05, 4.69) is 30.1 Å². The fraction of sp³-hybridized carbons (Fsp3) is 0.250. The highest BCUT2D eigenvalue weighted by molar-refractivity contribution is 7.12. The number of fused-ring (bicyclic) bond motifs is 6. The quantitative estimate of drug-likeness (QED) is 0.248. The van der Waals surface area contributed by atoms with E-state index < -0.39 is 23.4 Å². The van der Waals surface area contributed by atoms with E-state index in [1.807, 2.05) is 97.2 Å². The summed E-state index contributed by atoms with van der Waals surface area (Å²) in [6.45, 7) is 6.38. The minimum absolute atomic E-state index is 0.137. The largest absolute Gasteiger partial charge is 0.352 e. The summed E-state index contributed by atoms with van der Waals surface area (Å²) in [6, 6.07) is 25.6. The molecule has 1 aromatic heterocycles. The third-order valence-corrected chi connectivity index (χ3v) is 9.97. The molecule has 0 bridgehead atoms. The van der Waals surface area contributed by atoms with Crippen molar-refractivity contribution in [2.24, 2.45) is 11.8 Å². The van der Waals surface area contributed by atoms with Gasteiger partial charge >= 0.3 is 0 Å². The molecule has 1 saturated heterocycles. The van der Waals surface area contributed by atoms with E-state index in [1.54, 1.807) is 0 Å². The Bertz CT molecular complexity index is 1750. The van der Waals surface area contributed by atoms with E-state index in [-0.39, 0.29) is 17.5 Å². The fourth-order valence-corrected chi connectivity index (χ4v) is 8.11. The lowest BCUT2D eigenvalue weighted by atomic mass is 9.64. The van der Waals surface area contributed by atoms with Crippen molar-refractivity contribution in [3.05, 3.63) is 124 Å². The highest BCUT2D eigenvalue weighted by Gasteiger charge is 2.70. The van der Waals surface area contributed by atoms with Crippen molar-refractivity contribution < 1.29 is 14.4 Å². The van der Waals surface area contributed by atoms with Crippen molar-refractivity contribution in [1.82, 2.24) is 0 Å². The molecule has 3 aromatic carbocycles. The van der Waals surface area contributed by atoms with Gasteiger partial charge in [-0.25, -0.2) is 0 Å². The number of Topliss-reactive ketones (excluding diaryl/α,β-unsaturated/α-hetero) is 2. The number of nitrogens with one attached hydrogen (secondary N) is 1. The number of carbonyl (C=O) groups is 3. The molecule has 3 aliphatic rings. The second kappa shape index (κ2) is 9.92. The van der Waals surface area contributed by atoms with Gasteiger partial charge in [-0.2, -0.15) is 0 Å². The van der Waals surface area contributed by atoms with Crippen LogP contribution >= 0.6 is 11.3 Å². The number of nitrogens with zero attached hydrogens (tertiary/aromatic N) is 1. The van der Waals surface area contributed by atoms with Gasteiger partial charge in [0.05, 0.1) is 16.8 Å². The summed E-state index contributed by atoms with van der Waals surface area (Å²) in [5.41, 5.74) is 4.74. The fourth-order valence-electron chi connectivity index (χ4n) is 7.41. The molecule has 42 heavy (non-hydrogen) atoms. The molecule has 1 fully saturated rings. The third-order valence-electron chi connectivity index (χ3n) is 9.08. The number of carbonyl (C=O) groups excluding carboxylic acids is 3. The zero-order valence-corrected chi connectivity index (χ0v) is 24.7. The minimum Gasteiger partial charge on any atom is -0.352 e. The smallest absolute Gasteiger partial charge is 0.238 e. The molecule has 210 valence electrons. The number of amides is 1. The Kier molecular flexibility index (Phi) is 6.28. The molecule has 3 aliphatic heterocycles. The third kappa shape index (κ3) is 3.78. The van der Waals surface area contributed by atoms with Gasteiger partial charge in [0, 0.05) is 22.5 Å². The summed E-state index contributed by atoms with van der Waals surface area (Å²) in [5.74, 6) is -1.03. The van der Waals surface area contributed by atoms with Crippen LogP contribution in [0.1, 0.15) is 57.5 Å². The molecular formula is C36H32N2O3S. The Morgan fingerprint density at radius 1 is 0.929 bits per heavy atom. The van der Waals surface area contributed by atoms with Crippen molar-refractivity contribution in [2.45, 2.75) is 44.7 Å². The van der Waals surface area contributed by atoms with Crippen LogP contribution in [-0.4, -0.2) is 29.6 Å². The van der Waals surface area contributed by atoms with Crippen LogP contribution < -0.4 is 10.2 Å². The first-order valence-electron chi connectivity index (χ1n) is 14.5. The normalized spacial score (nSPS) is 23.8. The number of benzene rings is 3.